The van der Waals surface area contributed by atoms with Gasteiger partial charge in [0, 0.05) is 48.1 Å². The van der Waals surface area contributed by atoms with Crippen LogP contribution in [0, 0.1) is 64.5 Å². The Balaban J connectivity index is 0.0000144. The first-order valence-electron chi connectivity index (χ1n) is 29.9. The van der Waals surface area contributed by atoms with E-state index in [1.807, 2.05) is 0 Å². The van der Waals surface area contributed by atoms with Gasteiger partial charge in [-0.3, -0.25) is 0 Å². The molecule has 0 N–H and O–H groups in total. The molecule has 4 aliphatic heterocycles. The summed E-state index contributed by atoms with van der Waals surface area (Å²) in [6.07, 6.45) is 22.4. The Morgan fingerprint density at radius 1 is 0.351 bits per heavy atom. The van der Waals surface area contributed by atoms with Gasteiger partial charge in [0.25, 0.3) is 0 Å². The molecule has 0 aromatic heterocycles. The van der Waals surface area contributed by atoms with Crippen LogP contribution in [0.3, 0.4) is 0 Å². The van der Waals surface area contributed by atoms with Crippen LogP contribution < -0.4 is 18.9 Å². The van der Waals surface area contributed by atoms with Crippen LogP contribution in [-0.2, 0) is 37.9 Å². The predicted molar refractivity (Wildman–Crippen MR) is 302 cm³/mol. The molecule has 4 aliphatic rings. The molecule has 0 aliphatic carbocycles. The summed E-state index contributed by atoms with van der Waals surface area (Å²) in [6, 6.07) is 0. The van der Waals surface area contributed by atoms with Crippen LogP contribution in [0.4, 0.5) is 0 Å². The summed E-state index contributed by atoms with van der Waals surface area (Å²) in [6.45, 7) is 38.9. The molecule has 4 rings (SSSR count). The maximum absolute atomic E-state index is 7.23. The number of hydrogen-bond donors (Lipinski definition) is 0. The van der Waals surface area contributed by atoms with Crippen LogP contribution in [0.5, 0.6) is 0 Å². The van der Waals surface area contributed by atoms with Gasteiger partial charge in [-0.05, 0) is 130 Å². The Kier molecular flexibility index (Phi) is 27.8. The fourth-order valence-corrected chi connectivity index (χ4v) is 12.7. The van der Waals surface area contributed by atoms with Crippen molar-refractivity contribution in [2.75, 3.05) is 26.4 Å². The molecule has 8 unspecified atom stereocenters. The van der Waals surface area contributed by atoms with Crippen LogP contribution >= 0.6 is 0 Å². The summed E-state index contributed by atoms with van der Waals surface area (Å²) >= 11 is -4.33. The van der Waals surface area contributed by atoms with Gasteiger partial charge in [0.15, 0.2) is 25.2 Å². The second kappa shape index (κ2) is 30.6. The summed E-state index contributed by atoms with van der Waals surface area (Å²) in [5.74, 6) is 15.7. The van der Waals surface area contributed by atoms with Crippen LogP contribution in [-0.4, -0.2) is 87.1 Å². The summed E-state index contributed by atoms with van der Waals surface area (Å²) in [5, 5.41) is 0. The van der Waals surface area contributed by atoms with Gasteiger partial charge in [-0.1, -0.05) is 134 Å². The number of hydrogen-bond acceptors (Lipinski definition) is 8. The molecule has 4 saturated heterocycles. The fraction of sp³-hybridized carbons (Fsp3) is 0.875. The molecule has 4 heterocycles. The molecule has 0 aromatic rings. The third kappa shape index (κ3) is 19.1. The van der Waals surface area contributed by atoms with Crippen molar-refractivity contribution in [2.24, 2.45) is 21.7 Å². The Hall–Kier alpha value is -0.950. The van der Waals surface area contributed by atoms with Crippen LogP contribution in [0.2, 0.25) is 0 Å². The van der Waals surface area contributed by atoms with Crippen molar-refractivity contribution in [1.82, 2.24) is 0 Å². The van der Waals surface area contributed by atoms with E-state index >= 15 is 0 Å². The molecule has 0 radical (unpaired) electrons. The second-order valence-electron chi connectivity index (χ2n) is 25.7. The maximum atomic E-state index is 7.23. The first-order chi connectivity index (χ1) is 34.4. The molecular formula is C64H108AlLiO8. The minimum atomic E-state index is -4.33. The first kappa shape index (κ1) is 67.3. The average molecular weight is 1040 g/mol. The van der Waals surface area contributed by atoms with Gasteiger partial charge in [-0.15, -0.1) is 23.7 Å². The van der Waals surface area contributed by atoms with Gasteiger partial charge >= 0.3 is 31.9 Å². The van der Waals surface area contributed by atoms with Crippen molar-refractivity contribution in [3.8, 4) is 42.8 Å². The molecule has 0 bridgehead atoms. The Morgan fingerprint density at radius 2 is 0.554 bits per heavy atom. The molecule has 0 amide bonds. The number of unbranched alkanes of at least 4 members (excludes halogenated alkanes) is 4. The second-order valence-corrected chi connectivity index (χ2v) is 28.6. The summed E-state index contributed by atoms with van der Waals surface area (Å²) < 4.78 is 54.4. The van der Waals surface area contributed by atoms with Crippen LogP contribution in [0.1, 0.15) is 265 Å². The van der Waals surface area contributed by atoms with E-state index in [0.717, 1.165) is 154 Å². The van der Waals surface area contributed by atoms with Crippen molar-refractivity contribution in [3.63, 3.8) is 0 Å². The Bertz CT molecular complexity index is 1640. The SMILES string of the molecule is CCCCC(C)(C)C(C)(C#[C][Al-]([C]#CC(C)(OC1CCCCO1)C(C)(C)CCCC)([C]#CC(C)(OC1CCCCO1)C(C)(C)CCCC)[C]#CC(C)(OC1CCCCO1)C(C)(C)CCCC)OC1CCCCO1.[Li+]. The quantitative estimate of drug-likeness (QED) is 0.0699. The number of rotatable bonds is 24. The molecule has 416 valence electrons. The smallest absolute Gasteiger partial charge is 0.353 e. The van der Waals surface area contributed by atoms with Crippen LogP contribution in [0.25, 0.3) is 0 Å². The van der Waals surface area contributed by atoms with Gasteiger partial charge in [0.1, 0.15) is 22.4 Å². The van der Waals surface area contributed by atoms with Gasteiger partial charge < -0.3 is 57.0 Å². The summed E-state index contributed by atoms with van der Waals surface area (Å²) in [7, 11) is 0. The number of ether oxygens (including phenoxy) is 8. The van der Waals surface area contributed by atoms with E-state index in [9.17, 15) is 0 Å². The standard InChI is InChI=1S/4C16H27O2.Al.Li/c4*1-6-8-12-15(3,4)16(5,7-2)18-14-11-9-10-13-17-14;;/h4*14H,6,8-13H2,1,3-5H3;;/q;;;;-1;+1. The molecule has 10 heteroatoms. The topological polar surface area (TPSA) is 73.8 Å². The summed E-state index contributed by atoms with van der Waals surface area (Å²) in [4.78, 5) is 16.1. The zero-order valence-corrected chi connectivity index (χ0v) is 52.1. The zero-order chi connectivity index (χ0) is 53.9. The molecule has 74 heavy (non-hydrogen) atoms. The first-order valence-corrected chi connectivity index (χ1v) is 32.2. The average Bonchev–Trinajstić information content (AvgIpc) is 3.36. The molecule has 4 fully saturated rings. The Labute approximate surface area is 470 Å². The molecule has 8 nitrogen and oxygen atoms in total. The van der Waals surface area contributed by atoms with E-state index in [-0.39, 0.29) is 65.7 Å². The minimum Gasteiger partial charge on any atom is -0.353 e. The third-order valence-electron chi connectivity index (χ3n) is 17.9. The van der Waals surface area contributed by atoms with E-state index in [1.165, 1.54) is 0 Å². The van der Waals surface area contributed by atoms with Gasteiger partial charge in [0.05, 0.1) is 0 Å². The van der Waals surface area contributed by atoms with Gasteiger partial charge in [-0.25, -0.2) is 0 Å². The maximum Gasteiger partial charge on any atom is 1.00 e. The van der Waals surface area contributed by atoms with Crippen molar-refractivity contribution in [3.05, 3.63) is 0 Å². The van der Waals surface area contributed by atoms with Crippen molar-refractivity contribution < 1.29 is 56.8 Å². The minimum absolute atomic E-state index is 0. The molecular weight excluding hydrogens is 931 g/mol. The normalized spacial score (nSPS) is 25.1. The fourth-order valence-electron chi connectivity index (χ4n) is 10.3. The monoisotopic (exact) mass is 1040 g/mol. The zero-order valence-electron chi connectivity index (χ0n) is 51.0. The molecule has 0 spiro atoms. The predicted octanol–water partition coefficient (Wildman–Crippen LogP) is 12.7. The van der Waals surface area contributed by atoms with E-state index in [1.54, 1.807) is 0 Å². The van der Waals surface area contributed by atoms with E-state index in [4.69, 9.17) is 37.9 Å². The van der Waals surface area contributed by atoms with Crippen molar-refractivity contribution in [2.45, 2.75) is 312 Å². The van der Waals surface area contributed by atoms with Crippen molar-refractivity contribution in [1.29, 1.82) is 0 Å². The molecule has 0 aromatic carbocycles. The molecule has 8 atom stereocenters. The molecule has 0 saturated carbocycles. The third-order valence-corrected chi connectivity index (χ3v) is 20.2. The van der Waals surface area contributed by atoms with Gasteiger partial charge in [0.2, 0.25) is 0 Å². The van der Waals surface area contributed by atoms with Gasteiger partial charge in [-0.2, -0.15) is 0 Å². The van der Waals surface area contributed by atoms with Crippen LogP contribution in [0.15, 0.2) is 0 Å². The van der Waals surface area contributed by atoms with E-state index in [0.29, 0.717) is 26.4 Å². The van der Waals surface area contributed by atoms with E-state index in [2.05, 4.69) is 154 Å². The van der Waals surface area contributed by atoms with E-state index < -0.39 is 35.5 Å². The van der Waals surface area contributed by atoms with Crippen molar-refractivity contribution >= 4 is 13.1 Å². The Morgan fingerprint density at radius 3 is 0.716 bits per heavy atom. The summed E-state index contributed by atoms with van der Waals surface area (Å²) in [5.41, 5.74) is -5.14. The largest absolute Gasteiger partial charge is 1.00 e.